The molecule has 1 heteroatoms. The first kappa shape index (κ1) is 11.9. The fourth-order valence-corrected chi connectivity index (χ4v) is 0.690. The lowest BCUT2D eigenvalue weighted by Crippen LogP contribution is -1.82. The van der Waals surface area contributed by atoms with Gasteiger partial charge in [0, 0.05) is 18.8 Å². The molecule has 0 aromatic rings. The van der Waals surface area contributed by atoms with Crippen molar-refractivity contribution in [3.05, 3.63) is 37.1 Å². The lowest BCUT2D eigenvalue weighted by molar-refractivity contribution is 0.697. The summed E-state index contributed by atoms with van der Waals surface area (Å²) in [5, 5.41) is 0. The summed E-state index contributed by atoms with van der Waals surface area (Å²) >= 11 is 0. The molecule has 1 nitrogen and oxygen atoms in total. The Labute approximate surface area is 81.6 Å². The minimum absolute atomic E-state index is 0.626. The van der Waals surface area contributed by atoms with Crippen molar-refractivity contribution in [3.8, 4) is 0 Å². The summed E-state index contributed by atoms with van der Waals surface area (Å²) in [6.45, 7) is 7.94. The van der Waals surface area contributed by atoms with Crippen molar-refractivity contribution in [2.45, 2.75) is 26.7 Å². The van der Waals surface area contributed by atoms with E-state index in [1.165, 1.54) is 6.42 Å². The molecule has 0 aliphatic rings. The number of hydrogen-bond donors (Lipinski definition) is 0. The van der Waals surface area contributed by atoms with Crippen molar-refractivity contribution >= 4 is 6.21 Å². The number of aliphatic imine (C=N–C) groups is 1. The predicted octanol–water partition coefficient (Wildman–Crippen LogP) is 3.75. The molecule has 0 heterocycles. The molecule has 0 aliphatic carbocycles. The van der Waals surface area contributed by atoms with E-state index < -0.39 is 0 Å². The second-order valence-corrected chi connectivity index (χ2v) is 2.96. The van der Waals surface area contributed by atoms with Gasteiger partial charge in [0.2, 0.25) is 0 Å². The summed E-state index contributed by atoms with van der Waals surface area (Å²) in [7, 11) is 0. The molecule has 1 atom stereocenters. The van der Waals surface area contributed by atoms with Gasteiger partial charge in [0.05, 0.1) is 0 Å². The summed E-state index contributed by atoms with van der Waals surface area (Å²) in [5.41, 5.74) is 0. The number of rotatable bonds is 6. The minimum Gasteiger partial charge on any atom is -0.269 e. The average molecular weight is 177 g/mol. The summed E-state index contributed by atoms with van der Waals surface area (Å²) < 4.78 is 0. The molecule has 0 aliphatic heterocycles. The normalized spacial score (nSPS) is 14.6. The van der Waals surface area contributed by atoms with Gasteiger partial charge in [-0.15, -0.1) is 0 Å². The van der Waals surface area contributed by atoms with Crippen molar-refractivity contribution in [1.29, 1.82) is 0 Å². The highest BCUT2D eigenvalue weighted by Gasteiger charge is 1.87. The molecule has 0 rings (SSSR count). The van der Waals surface area contributed by atoms with Crippen LogP contribution in [0.1, 0.15) is 26.7 Å². The lowest BCUT2D eigenvalue weighted by atomic mass is 10.1. The fourth-order valence-electron chi connectivity index (χ4n) is 0.690. The van der Waals surface area contributed by atoms with Crippen LogP contribution in [0, 0.1) is 5.92 Å². The molecule has 0 aromatic heterocycles. The molecule has 72 valence electrons. The van der Waals surface area contributed by atoms with E-state index in [1.807, 2.05) is 24.6 Å². The van der Waals surface area contributed by atoms with Crippen LogP contribution in [0.4, 0.5) is 0 Å². The van der Waals surface area contributed by atoms with E-state index in [2.05, 4.69) is 31.5 Å². The SMILES string of the molecule is C=C/C=C\C/C=N/C=C\C(C)CC. The van der Waals surface area contributed by atoms with Crippen molar-refractivity contribution in [3.63, 3.8) is 0 Å². The summed E-state index contributed by atoms with van der Waals surface area (Å²) in [5.74, 6) is 0.626. The molecule has 0 fully saturated rings. The third-order valence-corrected chi connectivity index (χ3v) is 1.76. The number of hydrogen-bond acceptors (Lipinski definition) is 1. The van der Waals surface area contributed by atoms with E-state index in [9.17, 15) is 0 Å². The van der Waals surface area contributed by atoms with Gasteiger partial charge in [0.1, 0.15) is 0 Å². The summed E-state index contributed by atoms with van der Waals surface area (Å²) in [6.07, 6.45) is 13.6. The first-order chi connectivity index (χ1) is 6.31. The maximum Gasteiger partial charge on any atom is 0.0226 e. The van der Waals surface area contributed by atoms with Crippen molar-refractivity contribution in [2.24, 2.45) is 10.9 Å². The van der Waals surface area contributed by atoms with Gasteiger partial charge in [-0.25, -0.2) is 0 Å². The Morgan fingerprint density at radius 3 is 2.85 bits per heavy atom. The van der Waals surface area contributed by atoms with E-state index in [4.69, 9.17) is 0 Å². The Morgan fingerprint density at radius 1 is 1.46 bits per heavy atom. The molecule has 0 bridgehead atoms. The Hall–Kier alpha value is -1.11. The topological polar surface area (TPSA) is 12.4 Å². The molecule has 0 radical (unpaired) electrons. The molecular formula is C12H19N. The van der Waals surface area contributed by atoms with Crippen LogP contribution >= 0.6 is 0 Å². The minimum atomic E-state index is 0.626. The lowest BCUT2D eigenvalue weighted by Gasteiger charge is -1.96. The Bertz CT molecular complexity index is 199. The molecular weight excluding hydrogens is 158 g/mol. The Kier molecular flexibility index (Phi) is 8.21. The first-order valence-electron chi connectivity index (χ1n) is 4.77. The molecule has 13 heavy (non-hydrogen) atoms. The van der Waals surface area contributed by atoms with Crippen molar-refractivity contribution in [1.82, 2.24) is 0 Å². The maximum absolute atomic E-state index is 4.14. The third-order valence-electron chi connectivity index (χ3n) is 1.76. The van der Waals surface area contributed by atoms with Gasteiger partial charge in [-0.05, 0) is 5.92 Å². The zero-order valence-corrected chi connectivity index (χ0v) is 8.61. The highest BCUT2D eigenvalue weighted by Crippen LogP contribution is 2.01. The highest BCUT2D eigenvalue weighted by atomic mass is 14.7. The van der Waals surface area contributed by atoms with Crippen LogP contribution in [-0.2, 0) is 0 Å². The van der Waals surface area contributed by atoms with Crippen molar-refractivity contribution in [2.75, 3.05) is 0 Å². The zero-order chi connectivity index (χ0) is 9.94. The van der Waals surface area contributed by atoms with E-state index in [1.54, 1.807) is 6.08 Å². The predicted molar refractivity (Wildman–Crippen MR) is 61.0 cm³/mol. The van der Waals surface area contributed by atoms with Crippen LogP contribution in [0.25, 0.3) is 0 Å². The van der Waals surface area contributed by atoms with Gasteiger partial charge in [-0.1, -0.05) is 51.2 Å². The maximum atomic E-state index is 4.14. The van der Waals surface area contributed by atoms with Gasteiger partial charge < -0.3 is 0 Å². The van der Waals surface area contributed by atoms with Crippen LogP contribution in [0.15, 0.2) is 42.1 Å². The van der Waals surface area contributed by atoms with Crippen LogP contribution < -0.4 is 0 Å². The molecule has 1 unspecified atom stereocenters. The molecule has 0 amide bonds. The van der Waals surface area contributed by atoms with Gasteiger partial charge in [-0.2, -0.15) is 0 Å². The highest BCUT2D eigenvalue weighted by molar-refractivity contribution is 5.60. The first-order valence-corrected chi connectivity index (χ1v) is 4.77. The molecule has 0 saturated carbocycles. The Balaban J connectivity index is 3.56. The molecule has 0 spiro atoms. The second-order valence-electron chi connectivity index (χ2n) is 2.96. The van der Waals surface area contributed by atoms with Gasteiger partial charge >= 0.3 is 0 Å². The Morgan fingerprint density at radius 2 is 2.23 bits per heavy atom. The zero-order valence-electron chi connectivity index (χ0n) is 8.61. The van der Waals surface area contributed by atoms with Crippen LogP contribution in [-0.4, -0.2) is 6.21 Å². The van der Waals surface area contributed by atoms with E-state index in [0.717, 1.165) is 6.42 Å². The van der Waals surface area contributed by atoms with Crippen molar-refractivity contribution < 1.29 is 0 Å². The van der Waals surface area contributed by atoms with Crippen LogP contribution in [0.2, 0.25) is 0 Å². The van der Waals surface area contributed by atoms with Crippen LogP contribution in [0.5, 0.6) is 0 Å². The van der Waals surface area contributed by atoms with Crippen LogP contribution in [0.3, 0.4) is 0 Å². The van der Waals surface area contributed by atoms with Gasteiger partial charge in [0.25, 0.3) is 0 Å². The second kappa shape index (κ2) is 8.98. The number of allylic oxidation sites excluding steroid dienone is 4. The van der Waals surface area contributed by atoms with E-state index >= 15 is 0 Å². The van der Waals surface area contributed by atoms with E-state index in [0.29, 0.717) is 5.92 Å². The third kappa shape index (κ3) is 8.80. The monoisotopic (exact) mass is 177 g/mol. The van der Waals surface area contributed by atoms with Gasteiger partial charge in [0.15, 0.2) is 0 Å². The smallest absolute Gasteiger partial charge is 0.0226 e. The standard InChI is InChI=1S/C12H19N/c1-4-6-7-8-10-13-11-9-12(3)5-2/h4,6-7,9-12H,1,5,8H2,2-3H3/b7-6-,11-9-,13-10+. The summed E-state index contributed by atoms with van der Waals surface area (Å²) in [4.78, 5) is 4.14. The molecule has 0 saturated heterocycles. The van der Waals surface area contributed by atoms with Gasteiger partial charge in [-0.3, -0.25) is 4.99 Å². The largest absolute Gasteiger partial charge is 0.269 e. The summed E-state index contributed by atoms with van der Waals surface area (Å²) in [6, 6.07) is 0. The average Bonchev–Trinajstić information content (AvgIpc) is 2.16. The molecule has 0 aromatic carbocycles. The van der Waals surface area contributed by atoms with E-state index in [-0.39, 0.29) is 0 Å². The number of nitrogens with zero attached hydrogens (tertiary/aromatic N) is 1. The quantitative estimate of drug-likeness (QED) is 0.433. The molecule has 0 N–H and O–H groups in total. The fraction of sp³-hybridized carbons (Fsp3) is 0.417.